The van der Waals surface area contributed by atoms with Crippen LogP contribution in [0.4, 0.5) is 0 Å². The molecule has 0 aromatic carbocycles. The number of aromatic amines is 1. The van der Waals surface area contributed by atoms with Gasteiger partial charge in [-0.2, -0.15) is 5.10 Å². The van der Waals surface area contributed by atoms with Crippen LogP contribution in [-0.2, 0) is 6.42 Å². The van der Waals surface area contributed by atoms with Crippen molar-refractivity contribution in [2.45, 2.75) is 38.5 Å². The summed E-state index contributed by atoms with van der Waals surface area (Å²) in [5.41, 5.74) is 0. The van der Waals surface area contributed by atoms with Crippen molar-refractivity contribution in [3.63, 3.8) is 0 Å². The Bertz CT molecular complexity index is 309. The highest BCUT2D eigenvalue weighted by Crippen LogP contribution is 2.28. The Hall–Kier alpha value is -0.220. The first-order chi connectivity index (χ1) is 6.34. The predicted molar refractivity (Wildman–Crippen MR) is 57.6 cm³/mol. The van der Waals surface area contributed by atoms with Crippen molar-refractivity contribution >= 4 is 23.6 Å². The van der Waals surface area contributed by atoms with Gasteiger partial charge >= 0.3 is 0 Å². The normalized spacial score (nSPS) is 18.2. The summed E-state index contributed by atoms with van der Waals surface area (Å²) in [5, 5.41) is 8.17. The second-order valence-electron chi connectivity index (χ2n) is 3.70. The highest BCUT2D eigenvalue weighted by molar-refractivity contribution is 7.73. The zero-order valence-corrected chi connectivity index (χ0v) is 9.22. The zero-order valence-electron chi connectivity index (χ0n) is 7.58. The number of H-pyrrole nitrogens is 1. The van der Waals surface area contributed by atoms with E-state index < -0.39 is 0 Å². The molecule has 1 aromatic rings. The van der Waals surface area contributed by atoms with Crippen molar-refractivity contribution in [3.8, 4) is 0 Å². The molecule has 1 aliphatic rings. The molecule has 0 radical (unpaired) electrons. The molecule has 1 N–H and O–H groups in total. The summed E-state index contributed by atoms with van der Waals surface area (Å²) in [5.74, 6) is 0.956. The molecule has 0 spiro atoms. The van der Waals surface area contributed by atoms with Crippen LogP contribution in [0, 0.1) is 9.87 Å². The molecule has 1 aliphatic carbocycles. The minimum Gasteiger partial charge on any atom is -0.258 e. The minimum absolute atomic E-state index is 0.807. The summed E-state index contributed by atoms with van der Waals surface area (Å²) in [7, 11) is 0. The molecule has 2 nitrogen and oxygen atoms in total. The summed E-state index contributed by atoms with van der Waals surface area (Å²) >= 11 is 6.60. The van der Waals surface area contributed by atoms with Gasteiger partial charge in [-0.3, -0.25) is 5.10 Å². The van der Waals surface area contributed by atoms with Crippen molar-refractivity contribution in [2.24, 2.45) is 5.92 Å². The Morgan fingerprint density at radius 3 is 2.85 bits per heavy atom. The highest BCUT2D eigenvalue weighted by atomic mass is 32.1. The van der Waals surface area contributed by atoms with E-state index in [2.05, 4.69) is 10.2 Å². The molecule has 4 heteroatoms. The average Bonchev–Trinajstić information content (AvgIpc) is 2.71. The van der Waals surface area contributed by atoms with Crippen LogP contribution >= 0.6 is 23.6 Å². The van der Waals surface area contributed by atoms with Crippen LogP contribution in [0.5, 0.6) is 0 Å². The molecule has 0 aliphatic heterocycles. The molecule has 1 aromatic heterocycles. The smallest absolute Gasteiger partial charge is 0.176 e. The minimum atomic E-state index is 0.807. The third-order valence-corrected chi connectivity index (χ3v) is 3.87. The summed E-state index contributed by atoms with van der Waals surface area (Å²) < 4.78 is 0.807. The summed E-state index contributed by atoms with van der Waals surface area (Å²) in [6, 6.07) is 0. The van der Waals surface area contributed by atoms with Gasteiger partial charge in [0.2, 0.25) is 0 Å². The van der Waals surface area contributed by atoms with E-state index in [0.29, 0.717) is 0 Å². The third kappa shape index (κ3) is 2.61. The van der Waals surface area contributed by atoms with Gasteiger partial charge < -0.3 is 0 Å². The van der Waals surface area contributed by atoms with Gasteiger partial charge in [0.25, 0.3) is 0 Å². The van der Waals surface area contributed by atoms with Crippen molar-refractivity contribution in [2.75, 3.05) is 0 Å². The number of nitrogens with one attached hydrogen (secondary N) is 1. The first kappa shape index (κ1) is 9.34. The van der Waals surface area contributed by atoms with E-state index in [-0.39, 0.29) is 0 Å². The van der Waals surface area contributed by atoms with Crippen molar-refractivity contribution in [3.05, 3.63) is 8.96 Å². The Balaban J connectivity index is 1.82. The largest absolute Gasteiger partial charge is 0.258 e. The molecule has 0 atom stereocenters. The van der Waals surface area contributed by atoms with Gasteiger partial charge in [-0.1, -0.05) is 37.0 Å². The van der Waals surface area contributed by atoms with E-state index in [0.717, 1.165) is 16.3 Å². The molecule has 1 saturated carbocycles. The van der Waals surface area contributed by atoms with Crippen LogP contribution in [0.15, 0.2) is 0 Å². The lowest BCUT2D eigenvalue weighted by Crippen LogP contribution is -1.95. The zero-order chi connectivity index (χ0) is 9.10. The summed E-state index contributed by atoms with van der Waals surface area (Å²) in [6.45, 7) is 0. The van der Waals surface area contributed by atoms with Crippen molar-refractivity contribution in [1.82, 2.24) is 10.2 Å². The summed E-state index contributed by atoms with van der Waals surface area (Å²) in [4.78, 5) is 0. The van der Waals surface area contributed by atoms with Crippen molar-refractivity contribution in [1.29, 1.82) is 0 Å². The van der Waals surface area contributed by atoms with E-state index >= 15 is 0 Å². The van der Waals surface area contributed by atoms with Gasteiger partial charge in [-0.15, -0.1) is 0 Å². The number of hydrogen-bond donors (Lipinski definition) is 1. The molecule has 0 saturated heterocycles. The number of rotatable bonds is 3. The molecule has 2 rings (SSSR count). The van der Waals surface area contributed by atoms with E-state index in [1.165, 1.54) is 37.1 Å². The lowest BCUT2D eigenvalue weighted by Gasteiger charge is -2.05. The quantitative estimate of drug-likeness (QED) is 0.782. The fourth-order valence-electron chi connectivity index (χ4n) is 1.99. The van der Waals surface area contributed by atoms with Crippen molar-refractivity contribution < 1.29 is 0 Å². The van der Waals surface area contributed by atoms with Gasteiger partial charge in [0, 0.05) is 6.42 Å². The molecular weight excluding hydrogens is 200 g/mol. The molecule has 0 amide bonds. The topological polar surface area (TPSA) is 28.7 Å². The van der Waals surface area contributed by atoms with Gasteiger partial charge in [0.1, 0.15) is 5.01 Å². The van der Waals surface area contributed by atoms with Crippen LogP contribution in [-0.4, -0.2) is 10.2 Å². The fraction of sp³-hybridized carbons (Fsp3) is 0.778. The van der Waals surface area contributed by atoms with Crippen LogP contribution in [0.3, 0.4) is 0 Å². The Labute approximate surface area is 87.4 Å². The van der Waals surface area contributed by atoms with Crippen LogP contribution in [0.1, 0.15) is 37.1 Å². The second-order valence-corrected chi connectivity index (χ2v) is 5.45. The number of aromatic nitrogens is 2. The lowest BCUT2D eigenvalue weighted by atomic mass is 10.0. The van der Waals surface area contributed by atoms with Gasteiger partial charge in [-0.25, -0.2) is 0 Å². The van der Waals surface area contributed by atoms with E-state index in [9.17, 15) is 0 Å². The van der Waals surface area contributed by atoms with Gasteiger partial charge in [0.05, 0.1) is 0 Å². The Morgan fingerprint density at radius 1 is 1.46 bits per heavy atom. The average molecular weight is 214 g/mol. The predicted octanol–water partition coefficient (Wildman–Crippen LogP) is 3.32. The SMILES string of the molecule is S=c1[nH]nc(CCC2CCCC2)s1. The highest BCUT2D eigenvalue weighted by Gasteiger charge is 2.14. The Kier molecular flexibility index (Phi) is 3.11. The van der Waals surface area contributed by atoms with E-state index in [4.69, 9.17) is 12.2 Å². The standard InChI is InChI=1S/C9H14N2S2/c12-9-11-10-8(13-9)6-5-7-3-1-2-4-7/h7H,1-6H2,(H,11,12). The number of aryl methyl sites for hydroxylation is 1. The molecule has 72 valence electrons. The maximum absolute atomic E-state index is 4.98. The van der Waals surface area contributed by atoms with Crippen LogP contribution < -0.4 is 0 Å². The molecular formula is C9H14N2S2. The summed E-state index contributed by atoms with van der Waals surface area (Å²) in [6.07, 6.45) is 8.13. The first-order valence-electron chi connectivity index (χ1n) is 4.89. The first-order valence-corrected chi connectivity index (χ1v) is 6.11. The number of hydrogen-bond acceptors (Lipinski definition) is 3. The molecule has 0 unspecified atom stereocenters. The fourth-order valence-corrected chi connectivity index (χ4v) is 2.94. The maximum Gasteiger partial charge on any atom is 0.176 e. The third-order valence-electron chi connectivity index (χ3n) is 2.72. The molecule has 13 heavy (non-hydrogen) atoms. The molecule has 0 bridgehead atoms. The van der Waals surface area contributed by atoms with Crippen LogP contribution in [0.2, 0.25) is 0 Å². The molecule has 1 fully saturated rings. The van der Waals surface area contributed by atoms with Gasteiger partial charge in [0.15, 0.2) is 3.95 Å². The Morgan fingerprint density at radius 2 is 2.23 bits per heavy atom. The van der Waals surface area contributed by atoms with E-state index in [1.54, 1.807) is 11.3 Å². The second kappa shape index (κ2) is 4.33. The number of nitrogens with zero attached hydrogens (tertiary/aromatic N) is 1. The monoisotopic (exact) mass is 214 g/mol. The maximum atomic E-state index is 4.98. The van der Waals surface area contributed by atoms with E-state index in [1.807, 2.05) is 0 Å². The lowest BCUT2D eigenvalue weighted by molar-refractivity contribution is 0.502. The molecule has 1 heterocycles. The van der Waals surface area contributed by atoms with Crippen LogP contribution in [0.25, 0.3) is 0 Å². The van der Waals surface area contributed by atoms with Gasteiger partial charge in [-0.05, 0) is 24.6 Å².